The second-order valence-electron chi connectivity index (χ2n) is 8.16. The Morgan fingerprint density at radius 3 is 2.23 bits per heavy atom. The molecule has 1 atom stereocenters. The number of piperidine rings is 1. The Hall–Kier alpha value is -1.74. The Morgan fingerprint density at radius 2 is 1.58 bits per heavy atom. The Balaban J connectivity index is 1.65. The molecule has 8 heteroatoms. The van der Waals surface area contributed by atoms with Gasteiger partial charge in [0, 0.05) is 19.1 Å². The number of benzene rings is 2. The highest BCUT2D eigenvalue weighted by molar-refractivity contribution is 7.89. The number of rotatable bonds is 9. The van der Waals surface area contributed by atoms with Crippen LogP contribution in [0.25, 0.3) is 0 Å². The number of hydrogen-bond donors (Lipinski definition) is 1. The van der Waals surface area contributed by atoms with Crippen LogP contribution >= 0.6 is 0 Å². The summed E-state index contributed by atoms with van der Waals surface area (Å²) in [7, 11) is -7.22. The van der Waals surface area contributed by atoms with E-state index in [1.54, 1.807) is 40.7 Å². The summed E-state index contributed by atoms with van der Waals surface area (Å²) in [5.41, 5.74) is 2.12. The molecule has 1 fully saturated rings. The number of aryl methyl sites for hydroxylation is 2. The van der Waals surface area contributed by atoms with Gasteiger partial charge in [-0.15, -0.1) is 0 Å². The number of sulfonamides is 2. The van der Waals surface area contributed by atoms with Crippen molar-refractivity contribution >= 4 is 20.0 Å². The molecule has 1 N–H and O–H groups in total. The molecule has 0 saturated carbocycles. The topological polar surface area (TPSA) is 83.6 Å². The van der Waals surface area contributed by atoms with E-state index in [0.717, 1.165) is 43.2 Å². The van der Waals surface area contributed by atoms with Gasteiger partial charge < -0.3 is 0 Å². The van der Waals surface area contributed by atoms with Crippen LogP contribution in [0.5, 0.6) is 0 Å². The van der Waals surface area contributed by atoms with Crippen LogP contribution < -0.4 is 4.72 Å². The minimum Gasteiger partial charge on any atom is -0.211 e. The molecule has 1 aliphatic heterocycles. The van der Waals surface area contributed by atoms with Crippen LogP contribution in [0.15, 0.2) is 58.3 Å². The monoisotopic (exact) mass is 464 g/mol. The van der Waals surface area contributed by atoms with Crippen molar-refractivity contribution in [2.45, 2.75) is 68.2 Å². The summed E-state index contributed by atoms with van der Waals surface area (Å²) >= 11 is 0. The fourth-order valence-corrected chi connectivity index (χ4v) is 6.76. The van der Waals surface area contributed by atoms with Crippen LogP contribution in [0.4, 0.5) is 0 Å². The summed E-state index contributed by atoms with van der Waals surface area (Å²) in [6.07, 6.45) is 4.86. The molecule has 1 saturated heterocycles. The molecule has 0 aliphatic carbocycles. The molecule has 1 unspecified atom stereocenters. The lowest BCUT2D eigenvalue weighted by molar-refractivity contribution is 0.242. The molecule has 2 aromatic carbocycles. The van der Waals surface area contributed by atoms with E-state index in [9.17, 15) is 16.8 Å². The second kappa shape index (κ2) is 10.3. The van der Waals surface area contributed by atoms with Gasteiger partial charge in [-0.25, -0.2) is 21.6 Å². The van der Waals surface area contributed by atoms with Gasteiger partial charge >= 0.3 is 0 Å². The Labute approximate surface area is 186 Å². The van der Waals surface area contributed by atoms with Crippen molar-refractivity contribution in [2.75, 3.05) is 13.1 Å². The smallest absolute Gasteiger partial charge is 0.211 e. The lowest BCUT2D eigenvalue weighted by Gasteiger charge is -2.34. The first-order valence-corrected chi connectivity index (χ1v) is 13.8. The third kappa shape index (κ3) is 5.94. The van der Waals surface area contributed by atoms with E-state index in [-0.39, 0.29) is 22.4 Å². The van der Waals surface area contributed by atoms with Gasteiger partial charge in [0.05, 0.1) is 9.79 Å². The third-order valence-corrected chi connectivity index (χ3v) is 9.19. The van der Waals surface area contributed by atoms with E-state index < -0.39 is 20.0 Å². The van der Waals surface area contributed by atoms with Gasteiger partial charge in [-0.05, 0) is 62.4 Å². The Kier molecular flexibility index (Phi) is 7.91. The standard InChI is InChI=1S/C23H32N2O4S2/c1-3-6-20-10-14-22(15-11-20)30(26,27)24-17-16-21-7-4-5-18-25(21)31(28,29)23-12-8-19(2)9-13-23/h8-15,21,24H,3-7,16-18H2,1-2H3. The summed E-state index contributed by atoms with van der Waals surface area (Å²) in [5.74, 6) is 0. The maximum atomic E-state index is 13.2. The van der Waals surface area contributed by atoms with E-state index in [2.05, 4.69) is 11.6 Å². The first-order chi connectivity index (χ1) is 14.7. The van der Waals surface area contributed by atoms with Gasteiger partial charge in [0.25, 0.3) is 0 Å². The summed E-state index contributed by atoms with van der Waals surface area (Å²) in [5, 5.41) is 0. The van der Waals surface area contributed by atoms with Gasteiger partial charge in [-0.2, -0.15) is 4.31 Å². The van der Waals surface area contributed by atoms with Crippen molar-refractivity contribution in [3.05, 3.63) is 59.7 Å². The SMILES string of the molecule is CCCc1ccc(S(=O)(=O)NCCC2CCCCN2S(=O)(=O)c2ccc(C)cc2)cc1. The van der Waals surface area contributed by atoms with E-state index in [1.807, 2.05) is 19.1 Å². The van der Waals surface area contributed by atoms with Crippen molar-refractivity contribution in [2.24, 2.45) is 0 Å². The maximum absolute atomic E-state index is 13.2. The van der Waals surface area contributed by atoms with Crippen LogP contribution in [-0.2, 0) is 26.5 Å². The molecule has 0 amide bonds. The molecule has 3 rings (SSSR count). The predicted molar refractivity (Wildman–Crippen MR) is 123 cm³/mol. The molecular weight excluding hydrogens is 432 g/mol. The average Bonchev–Trinajstić information content (AvgIpc) is 2.75. The normalized spacial score (nSPS) is 18.2. The first-order valence-electron chi connectivity index (χ1n) is 10.9. The van der Waals surface area contributed by atoms with Crippen molar-refractivity contribution in [3.63, 3.8) is 0 Å². The van der Waals surface area contributed by atoms with E-state index in [4.69, 9.17) is 0 Å². The van der Waals surface area contributed by atoms with Gasteiger partial charge in [-0.3, -0.25) is 0 Å². The molecule has 6 nitrogen and oxygen atoms in total. The molecule has 1 heterocycles. The number of nitrogens with zero attached hydrogens (tertiary/aromatic N) is 1. The largest absolute Gasteiger partial charge is 0.243 e. The fourth-order valence-electron chi connectivity index (χ4n) is 3.99. The molecule has 1 aliphatic rings. The van der Waals surface area contributed by atoms with Crippen LogP contribution in [0, 0.1) is 6.92 Å². The summed E-state index contributed by atoms with van der Waals surface area (Å²) in [6, 6.07) is 13.6. The van der Waals surface area contributed by atoms with Gasteiger partial charge in [-0.1, -0.05) is 49.6 Å². The third-order valence-electron chi connectivity index (χ3n) is 5.74. The predicted octanol–water partition coefficient (Wildman–Crippen LogP) is 3.86. The fraction of sp³-hybridized carbons (Fsp3) is 0.478. The minimum absolute atomic E-state index is 0.198. The van der Waals surface area contributed by atoms with Crippen LogP contribution in [0.3, 0.4) is 0 Å². The number of hydrogen-bond acceptors (Lipinski definition) is 4. The zero-order valence-corrected chi connectivity index (χ0v) is 19.9. The van der Waals surface area contributed by atoms with Crippen molar-refractivity contribution in [1.82, 2.24) is 9.03 Å². The molecule has 2 aromatic rings. The van der Waals surface area contributed by atoms with Crippen molar-refractivity contribution < 1.29 is 16.8 Å². The highest BCUT2D eigenvalue weighted by Crippen LogP contribution is 2.27. The molecule has 170 valence electrons. The molecule has 31 heavy (non-hydrogen) atoms. The van der Waals surface area contributed by atoms with Crippen LogP contribution in [0.2, 0.25) is 0 Å². The molecule has 0 radical (unpaired) electrons. The van der Waals surface area contributed by atoms with Crippen LogP contribution in [-0.4, -0.2) is 40.3 Å². The van der Waals surface area contributed by atoms with E-state index in [1.165, 1.54) is 0 Å². The van der Waals surface area contributed by atoms with Crippen molar-refractivity contribution in [1.29, 1.82) is 0 Å². The highest BCUT2D eigenvalue weighted by Gasteiger charge is 2.33. The second-order valence-corrected chi connectivity index (χ2v) is 11.8. The molecule has 0 aromatic heterocycles. The van der Waals surface area contributed by atoms with Crippen molar-refractivity contribution in [3.8, 4) is 0 Å². The lowest BCUT2D eigenvalue weighted by Crippen LogP contribution is -2.45. The van der Waals surface area contributed by atoms with Gasteiger partial charge in [0.2, 0.25) is 20.0 Å². The lowest BCUT2D eigenvalue weighted by atomic mass is 10.0. The zero-order chi connectivity index (χ0) is 22.5. The summed E-state index contributed by atoms with van der Waals surface area (Å²) < 4.78 is 55.8. The first kappa shape index (κ1) is 23.9. The van der Waals surface area contributed by atoms with Crippen LogP contribution in [0.1, 0.15) is 50.2 Å². The Bertz CT molecular complexity index is 1060. The van der Waals surface area contributed by atoms with E-state index >= 15 is 0 Å². The zero-order valence-electron chi connectivity index (χ0n) is 18.2. The molecular formula is C23H32N2O4S2. The highest BCUT2D eigenvalue weighted by atomic mass is 32.2. The maximum Gasteiger partial charge on any atom is 0.243 e. The molecule has 0 spiro atoms. The van der Waals surface area contributed by atoms with E-state index in [0.29, 0.717) is 13.0 Å². The average molecular weight is 465 g/mol. The van der Waals surface area contributed by atoms with Gasteiger partial charge in [0.15, 0.2) is 0 Å². The Morgan fingerprint density at radius 1 is 0.935 bits per heavy atom. The molecule has 0 bridgehead atoms. The quantitative estimate of drug-likeness (QED) is 0.611. The summed E-state index contributed by atoms with van der Waals surface area (Å²) in [4.78, 5) is 0.526. The van der Waals surface area contributed by atoms with Gasteiger partial charge in [0.1, 0.15) is 0 Å². The summed E-state index contributed by atoms with van der Waals surface area (Å²) in [6.45, 7) is 4.67. The minimum atomic E-state index is -3.62. The number of nitrogens with one attached hydrogen (secondary N) is 1.